The molecule has 4 nitrogen and oxygen atoms in total. The smallest absolute Gasteiger partial charge is 0.230 e. The average molecular weight is 296 g/mol. The Morgan fingerprint density at radius 2 is 2.10 bits per heavy atom. The van der Waals surface area contributed by atoms with Crippen LogP contribution in [-0.4, -0.2) is 30.9 Å². The van der Waals surface area contributed by atoms with Crippen LogP contribution in [0, 0.1) is 0 Å². The van der Waals surface area contributed by atoms with Crippen LogP contribution in [0.2, 0.25) is 0 Å². The Kier molecular flexibility index (Phi) is 6.88. The third kappa shape index (κ3) is 5.43. The fraction of sp³-hybridized carbons (Fsp3) is 0.533. The van der Waals surface area contributed by atoms with Gasteiger partial charge in [0.2, 0.25) is 5.91 Å². The largest absolute Gasteiger partial charge is 0.497 e. The van der Waals surface area contributed by atoms with Gasteiger partial charge in [-0.2, -0.15) is 0 Å². The zero-order valence-corrected chi connectivity index (χ0v) is 13.3. The van der Waals surface area contributed by atoms with Gasteiger partial charge < -0.3 is 15.8 Å². The van der Waals surface area contributed by atoms with Gasteiger partial charge in [0, 0.05) is 17.0 Å². The van der Waals surface area contributed by atoms with E-state index >= 15 is 0 Å². The van der Waals surface area contributed by atoms with Crippen LogP contribution in [0.5, 0.6) is 5.75 Å². The summed E-state index contributed by atoms with van der Waals surface area (Å²) in [5, 5.41) is 2.91. The Bertz CT molecular complexity index is 434. The van der Waals surface area contributed by atoms with E-state index in [0.29, 0.717) is 12.3 Å². The van der Waals surface area contributed by atoms with Crippen LogP contribution in [0.1, 0.15) is 26.7 Å². The Morgan fingerprint density at radius 1 is 1.40 bits per heavy atom. The predicted molar refractivity (Wildman–Crippen MR) is 84.2 cm³/mol. The molecule has 0 radical (unpaired) electrons. The lowest BCUT2D eigenvalue weighted by Gasteiger charge is -2.26. The molecule has 1 amide bonds. The molecule has 0 saturated carbocycles. The molecule has 0 atom stereocenters. The van der Waals surface area contributed by atoms with Crippen LogP contribution in [-0.2, 0) is 4.79 Å². The molecule has 1 rings (SSSR count). The number of rotatable bonds is 8. The lowest BCUT2D eigenvalue weighted by molar-refractivity contribution is -0.118. The van der Waals surface area contributed by atoms with Gasteiger partial charge in [0.1, 0.15) is 5.75 Å². The number of thioether (sulfide) groups is 1. The van der Waals surface area contributed by atoms with E-state index in [9.17, 15) is 4.79 Å². The lowest BCUT2D eigenvalue weighted by atomic mass is 9.94. The first kappa shape index (κ1) is 16.9. The van der Waals surface area contributed by atoms with Crippen molar-refractivity contribution in [3.8, 4) is 5.75 Å². The van der Waals surface area contributed by atoms with Gasteiger partial charge in [-0.25, -0.2) is 0 Å². The van der Waals surface area contributed by atoms with Crippen LogP contribution in [0.4, 0.5) is 0 Å². The Morgan fingerprint density at radius 3 is 2.70 bits per heavy atom. The van der Waals surface area contributed by atoms with Crippen molar-refractivity contribution in [3.63, 3.8) is 0 Å². The van der Waals surface area contributed by atoms with Crippen molar-refractivity contribution in [3.05, 3.63) is 24.3 Å². The first-order valence-corrected chi connectivity index (χ1v) is 7.84. The molecule has 112 valence electrons. The monoisotopic (exact) mass is 296 g/mol. The van der Waals surface area contributed by atoms with Crippen molar-refractivity contribution in [2.75, 3.05) is 19.4 Å². The highest BCUT2D eigenvalue weighted by Crippen LogP contribution is 2.22. The fourth-order valence-electron chi connectivity index (χ4n) is 1.67. The highest BCUT2D eigenvalue weighted by Gasteiger charge is 2.20. The zero-order chi connectivity index (χ0) is 15.0. The molecule has 3 N–H and O–H groups in total. The van der Waals surface area contributed by atoms with E-state index in [4.69, 9.17) is 10.5 Å². The van der Waals surface area contributed by atoms with E-state index in [1.165, 1.54) is 11.8 Å². The van der Waals surface area contributed by atoms with Crippen molar-refractivity contribution in [1.29, 1.82) is 0 Å². The molecule has 0 bridgehead atoms. The number of hydrogen-bond donors (Lipinski definition) is 2. The lowest BCUT2D eigenvalue weighted by Crippen LogP contribution is -2.49. The summed E-state index contributed by atoms with van der Waals surface area (Å²) < 4.78 is 5.15. The van der Waals surface area contributed by atoms with E-state index in [-0.39, 0.29) is 11.4 Å². The number of hydrogen-bond acceptors (Lipinski definition) is 4. The summed E-state index contributed by atoms with van der Waals surface area (Å²) in [6.45, 7) is 4.61. The van der Waals surface area contributed by atoms with E-state index in [1.54, 1.807) is 7.11 Å². The number of ether oxygens (including phenoxy) is 1. The summed E-state index contributed by atoms with van der Waals surface area (Å²) in [5.41, 5.74) is 5.86. The van der Waals surface area contributed by atoms with E-state index in [0.717, 1.165) is 23.5 Å². The molecule has 0 spiro atoms. The third-order valence-corrected chi connectivity index (χ3v) is 4.45. The van der Waals surface area contributed by atoms with Crippen LogP contribution in [0.3, 0.4) is 0 Å². The van der Waals surface area contributed by atoms with Crippen molar-refractivity contribution in [1.82, 2.24) is 5.32 Å². The van der Waals surface area contributed by atoms with Crippen molar-refractivity contribution in [2.45, 2.75) is 37.1 Å². The minimum absolute atomic E-state index is 0.00884. The quantitative estimate of drug-likeness (QED) is 0.723. The van der Waals surface area contributed by atoms with Gasteiger partial charge in [-0.1, -0.05) is 19.9 Å². The summed E-state index contributed by atoms with van der Waals surface area (Å²) in [6.07, 6.45) is 1.71. The highest BCUT2D eigenvalue weighted by molar-refractivity contribution is 8.00. The Balaban J connectivity index is 2.39. The van der Waals surface area contributed by atoms with Gasteiger partial charge in [0.05, 0.1) is 12.9 Å². The molecule has 20 heavy (non-hydrogen) atoms. The molecule has 0 aromatic heterocycles. The first-order chi connectivity index (χ1) is 9.53. The summed E-state index contributed by atoms with van der Waals surface area (Å²) in [4.78, 5) is 12.8. The van der Waals surface area contributed by atoms with E-state index in [1.807, 2.05) is 38.1 Å². The molecule has 0 aliphatic heterocycles. The van der Waals surface area contributed by atoms with Crippen LogP contribution in [0.15, 0.2) is 29.2 Å². The number of nitrogens with two attached hydrogens (primary N) is 1. The number of methoxy groups -OCH3 is 1. The minimum Gasteiger partial charge on any atom is -0.497 e. The predicted octanol–water partition coefficient (Wildman–Crippen LogP) is 2.42. The number of amides is 1. The molecule has 0 aliphatic carbocycles. The van der Waals surface area contributed by atoms with Gasteiger partial charge in [-0.15, -0.1) is 11.8 Å². The van der Waals surface area contributed by atoms with Crippen molar-refractivity contribution >= 4 is 17.7 Å². The molecule has 0 saturated heterocycles. The second kappa shape index (κ2) is 8.17. The number of benzene rings is 1. The summed E-state index contributed by atoms with van der Waals surface area (Å²) >= 11 is 1.49. The van der Waals surface area contributed by atoms with E-state index < -0.39 is 0 Å². The first-order valence-electron chi connectivity index (χ1n) is 6.85. The average Bonchev–Trinajstić information content (AvgIpc) is 2.50. The van der Waals surface area contributed by atoms with Crippen molar-refractivity contribution in [2.24, 2.45) is 5.73 Å². The van der Waals surface area contributed by atoms with Gasteiger partial charge in [-0.3, -0.25) is 4.79 Å². The molecule has 0 heterocycles. The van der Waals surface area contributed by atoms with Gasteiger partial charge in [-0.05, 0) is 31.0 Å². The number of carbonyl (C=O) groups excluding carboxylic acids is 1. The van der Waals surface area contributed by atoms with Crippen LogP contribution >= 0.6 is 11.8 Å². The topological polar surface area (TPSA) is 64.3 Å². The maximum atomic E-state index is 11.8. The molecule has 0 fully saturated rings. The van der Waals surface area contributed by atoms with Crippen LogP contribution in [0.25, 0.3) is 0 Å². The number of nitrogens with one attached hydrogen (secondary N) is 1. The minimum atomic E-state index is -0.295. The van der Waals surface area contributed by atoms with Gasteiger partial charge >= 0.3 is 0 Å². The third-order valence-electron chi connectivity index (χ3n) is 3.46. The maximum absolute atomic E-state index is 11.8. The maximum Gasteiger partial charge on any atom is 0.230 e. The number of carbonyl (C=O) groups is 1. The molecule has 5 heteroatoms. The SMILES string of the molecule is CCC(N)(CC)CNC(=O)CSc1cccc(OC)c1. The molecule has 0 aliphatic rings. The molecule has 1 aromatic rings. The molecule has 1 aromatic carbocycles. The normalized spacial score (nSPS) is 11.2. The standard InChI is InChI=1S/C15H24N2O2S/c1-4-15(16,5-2)11-17-14(18)10-20-13-8-6-7-12(9-13)19-3/h6-9H,4-5,10-11,16H2,1-3H3,(H,17,18). The molecular formula is C15H24N2O2S. The van der Waals surface area contributed by atoms with E-state index in [2.05, 4.69) is 5.32 Å². The highest BCUT2D eigenvalue weighted by atomic mass is 32.2. The molecular weight excluding hydrogens is 272 g/mol. The second-order valence-electron chi connectivity index (χ2n) is 4.81. The second-order valence-corrected chi connectivity index (χ2v) is 5.86. The van der Waals surface area contributed by atoms with Gasteiger partial charge in [0.25, 0.3) is 0 Å². The fourth-order valence-corrected chi connectivity index (χ4v) is 2.44. The van der Waals surface area contributed by atoms with Crippen LogP contribution < -0.4 is 15.8 Å². The Hall–Kier alpha value is -1.20. The van der Waals surface area contributed by atoms with Gasteiger partial charge in [0.15, 0.2) is 0 Å². The Labute approximate surface area is 125 Å². The van der Waals surface area contributed by atoms with Crippen molar-refractivity contribution < 1.29 is 9.53 Å². The summed E-state index contributed by atoms with van der Waals surface area (Å²) in [7, 11) is 1.63. The summed E-state index contributed by atoms with van der Waals surface area (Å²) in [5.74, 6) is 1.19. The molecule has 0 unspecified atom stereocenters. The summed E-state index contributed by atoms with van der Waals surface area (Å²) in [6, 6.07) is 7.68. The zero-order valence-electron chi connectivity index (χ0n) is 12.4.